The topological polar surface area (TPSA) is 12.0 Å². The third kappa shape index (κ3) is 1.66. The van der Waals surface area contributed by atoms with E-state index in [4.69, 9.17) is 0 Å². The first-order valence-corrected chi connectivity index (χ1v) is 5.50. The summed E-state index contributed by atoms with van der Waals surface area (Å²) in [5, 5.41) is 3.66. The van der Waals surface area contributed by atoms with E-state index in [9.17, 15) is 0 Å². The van der Waals surface area contributed by atoms with Crippen molar-refractivity contribution < 1.29 is 0 Å². The molecule has 0 aromatic heterocycles. The summed E-state index contributed by atoms with van der Waals surface area (Å²) in [4.78, 5) is 0. The Morgan fingerprint density at radius 1 is 1.42 bits per heavy atom. The molecular formula is C11H21N. The van der Waals surface area contributed by atoms with Crippen molar-refractivity contribution >= 4 is 0 Å². The summed E-state index contributed by atoms with van der Waals surface area (Å²) in [6.45, 7) is 5.85. The van der Waals surface area contributed by atoms with Gasteiger partial charge in [-0.1, -0.05) is 6.92 Å². The molecule has 70 valence electrons. The van der Waals surface area contributed by atoms with Gasteiger partial charge >= 0.3 is 0 Å². The van der Waals surface area contributed by atoms with Gasteiger partial charge in [0.25, 0.3) is 0 Å². The van der Waals surface area contributed by atoms with Crippen LogP contribution < -0.4 is 5.32 Å². The van der Waals surface area contributed by atoms with Gasteiger partial charge in [-0.05, 0) is 50.4 Å². The van der Waals surface area contributed by atoms with Crippen molar-refractivity contribution in [2.75, 3.05) is 6.54 Å². The van der Waals surface area contributed by atoms with Crippen molar-refractivity contribution in [2.24, 2.45) is 11.3 Å². The fourth-order valence-electron chi connectivity index (χ4n) is 2.11. The molecule has 0 saturated heterocycles. The molecule has 0 radical (unpaired) electrons. The average molecular weight is 167 g/mol. The zero-order valence-electron chi connectivity index (χ0n) is 8.40. The summed E-state index contributed by atoms with van der Waals surface area (Å²) in [7, 11) is 0. The number of hydrogen-bond donors (Lipinski definition) is 1. The van der Waals surface area contributed by atoms with Gasteiger partial charge in [0.1, 0.15) is 0 Å². The van der Waals surface area contributed by atoms with E-state index in [2.05, 4.69) is 19.2 Å². The maximum absolute atomic E-state index is 3.66. The van der Waals surface area contributed by atoms with E-state index < -0.39 is 0 Å². The molecule has 1 unspecified atom stereocenters. The summed E-state index contributed by atoms with van der Waals surface area (Å²) in [5.74, 6) is 1.11. The minimum atomic E-state index is 0.723. The van der Waals surface area contributed by atoms with Crippen molar-refractivity contribution in [3.63, 3.8) is 0 Å². The molecule has 0 amide bonds. The average Bonchev–Trinajstić information content (AvgIpc) is 2.88. The van der Waals surface area contributed by atoms with E-state index in [1.807, 2.05) is 0 Å². The Hall–Kier alpha value is -0.0400. The molecular weight excluding hydrogens is 146 g/mol. The summed E-state index contributed by atoms with van der Waals surface area (Å²) in [6.07, 6.45) is 7.30. The molecule has 2 rings (SSSR count). The fourth-order valence-corrected chi connectivity index (χ4v) is 2.11. The molecule has 1 atom stereocenters. The zero-order valence-corrected chi connectivity index (χ0v) is 8.40. The predicted octanol–water partition coefficient (Wildman–Crippen LogP) is 2.56. The van der Waals surface area contributed by atoms with Crippen LogP contribution in [0.4, 0.5) is 0 Å². The van der Waals surface area contributed by atoms with Crippen LogP contribution in [0.15, 0.2) is 0 Å². The number of nitrogens with one attached hydrogen (secondary N) is 1. The second-order valence-corrected chi connectivity index (χ2v) is 4.83. The van der Waals surface area contributed by atoms with Gasteiger partial charge in [-0.25, -0.2) is 0 Å². The van der Waals surface area contributed by atoms with Crippen LogP contribution in [0.5, 0.6) is 0 Å². The van der Waals surface area contributed by atoms with Crippen molar-refractivity contribution in [3.05, 3.63) is 0 Å². The highest BCUT2D eigenvalue weighted by Gasteiger charge is 2.53. The third-order valence-electron chi connectivity index (χ3n) is 3.75. The van der Waals surface area contributed by atoms with E-state index in [-0.39, 0.29) is 0 Å². The first-order valence-electron chi connectivity index (χ1n) is 5.50. The molecule has 0 spiro atoms. The highest BCUT2D eigenvalue weighted by molar-refractivity contribution is 5.05. The van der Waals surface area contributed by atoms with Gasteiger partial charge in [0.2, 0.25) is 0 Å². The predicted molar refractivity (Wildman–Crippen MR) is 52.1 cm³/mol. The van der Waals surface area contributed by atoms with Gasteiger partial charge in [0.15, 0.2) is 0 Å². The molecule has 0 aromatic carbocycles. The highest BCUT2D eigenvalue weighted by Crippen LogP contribution is 2.60. The largest absolute Gasteiger partial charge is 0.314 e. The summed E-state index contributed by atoms with van der Waals surface area (Å²) < 4.78 is 0. The van der Waals surface area contributed by atoms with Gasteiger partial charge in [0.05, 0.1) is 0 Å². The van der Waals surface area contributed by atoms with Crippen molar-refractivity contribution in [2.45, 2.75) is 52.0 Å². The van der Waals surface area contributed by atoms with Crippen molar-refractivity contribution in [1.82, 2.24) is 5.32 Å². The van der Waals surface area contributed by atoms with Gasteiger partial charge in [-0.3, -0.25) is 0 Å². The molecule has 2 aliphatic rings. The lowest BCUT2D eigenvalue weighted by Crippen LogP contribution is -2.32. The van der Waals surface area contributed by atoms with Crippen molar-refractivity contribution in [3.8, 4) is 0 Å². The lowest BCUT2D eigenvalue weighted by Gasteiger charge is -2.18. The molecule has 12 heavy (non-hydrogen) atoms. The minimum Gasteiger partial charge on any atom is -0.314 e. The molecule has 1 heteroatoms. The molecule has 0 heterocycles. The Morgan fingerprint density at radius 2 is 2.08 bits per heavy atom. The monoisotopic (exact) mass is 167 g/mol. The van der Waals surface area contributed by atoms with Crippen molar-refractivity contribution in [1.29, 1.82) is 0 Å². The Morgan fingerprint density at radius 3 is 2.50 bits per heavy atom. The van der Waals surface area contributed by atoms with E-state index in [0.717, 1.165) is 17.4 Å². The van der Waals surface area contributed by atoms with Crippen LogP contribution in [-0.2, 0) is 0 Å². The Labute approximate surface area is 75.9 Å². The molecule has 0 bridgehead atoms. The van der Waals surface area contributed by atoms with Crippen LogP contribution in [0.1, 0.15) is 46.0 Å². The maximum Gasteiger partial charge on any atom is 0.00363 e. The summed E-state index contributed by atoms with van der Waals surface area (Å²) in [5.41, 5.74) is 0.781. The summed E-state index contributed by atoms with van der Waals surface area (Å²) >= 11 is 0. The Kier molecular flexibility index (Phi) is 2.16. The molecule has 2 aliphatic carbocycles. The van der Waals surface area contributed by atoms with Gasteiger partial charge in [-0.2, -0.15) is 0 Å². The highest BCUT2D eigenvalue weighted by atomic mass is 14.9. The molecule has 1 N–H and O–H groups in total. The number of hydrogen-bond acceptors (Lipinski definition) is 1. The second-order valence-electron chi connectivity index (χ2n) is 4.83. The normalized spacial score (nSPS) is 28.5. The maximum atomic E-state index is 3.66. The standard InChI is InChI=1S/C11H21N/c1-3-9(2)12-8-11(6-7-11)10-4-5-10/h9-10,12H,3-8H2,1-2H3. The molecule has 2 saturated carbocycles. The first-order chi connectivity index (χ1) is 5.77. The van der Waals surface area contributed by atoms with Crippen LogP contribution in [-0.4, -0.2) is 12.6 Å². The third-order valence-corrected chi connectivity index (χ3v) is 3.75. The van der Waals surface area contributed by atoms with E-state index in [1.165, 1.54) is 38.6 Å². The van der Waals surface area contributed by atoms with Crippen LogP contribution in [0.25, 0.3) is 0 Å². The molecule has 1 nitrogen and oxygen atoms in total. The summed E-state index contributed by atoms with van der Waals surface area (Å²) in [6, 6.07) is 0.723. The first kappa shape index (κ1) is 8.55. The molecule has 0 aliphatic heterocycles. The van der Waals surface area contributed by atoms with E-state index in [0.29, 0.717) is 0 Å². The van der Waals surface area contributed by atoms with Crippen LogP contribution in [0, 0.1) is 11.3 Å². The molecule has 2 fully saturated rings. The van der Waals surface area contributed by atoms with Crippen LogP contribution in [0.2, 0.25) is 0 Å². The lowest BCUT2D eigenvalue weighted by atomic mass is 10.0. The SMILES string of the molecule is CCC(C)NCC1(C2CC2)CC1. The van der Waals surface area contributed by atoms with Crippen LogP contribution in [0.3, 0.4) is 0 Å². The zero-order chi connectivity index (χ0) is 8.60. The van der Waals surface area contributed by atoms with Gasteiger partial charge in [0, 0.05) is 12.6 Å². The smallest absolute Gasteiger partial charge is 0.00363 e. The Balaban J connectivity index is 1.71. The fraction of sp³-hybridized carbons (Fsp3) is 1.00. The number of rotatable bonds is 5. The Bertz CT molecular complexity index is 156. The van der Waals surface area contributed by atoms with Gasteiger partial charge in [-0.15, -0.1) is 0 Å². The lowest BCUT2D eigenvalue weighted by molar-refractivity contribution is 0.375. The minimum absolute atomic E-state index is 0.723. The van der Waals surface area contributed by atoms with E-state index >= 15 is 0 Å². The van der Waals surface area contributed by atoms with E-state index in [1.54, 1.807) is 0 Å². The van der Waals surface area contributed by atoms with Crippen LogP contribution >= 0.6 is 0 Å². The quantitative estimate of drug-likeness (QED) is 0.663. The second kappa shape index (κ2) is 3.02. The molecule has 0 aromatic rings. The van der Waals surface area contributed by atoms with Gasteiger partial charge < -0.3 is 5.32 Å².